The van der Waals surface area contributed by atoms with Crippen LogP contribution in [0.5, 0.6) is 0 Å². The summed E-state index contributed by atoms with van der Waals surface area (Å²) in [6.45, 7) is 3.31. The molecule has 0 radical (unpaired) electrons. The SMILES string of the molecule is Cn1ccn(CN2CCN(S(C)(=O)=O)CC2)c1=S. The molecule has 8 heteroatoms. The first-order valence-corrected chi connectivity index (χ1v) is 8.03. The summed E-state index contributed by atoms with van der Waals surface area (Å²) < 4.78 is 29.0. The third-order valence-corrected chi connectivity index (χ3v) is 5.00. The van der Waals surface area contributed by atoms with Gasteiger partial charge >= 0.3 is 0 Å². The standard InChI is InChI=1S/C10H18N4O2S2/c1-11-3-6-13(10(11)17)9-12-4-7-14(8-5-12)18(2,15)16/h3,6H,4-5,7-9H2,1-2H3. The number of sulfonamides is 1. The van der Waals surface area contributed by atoms with Gasteiger partial charge in [-0.1, -0.05) is 0 Å². The Balaban J connectivity index is 1.95. The quantitative estimate of drug-likeness (QED) is 0.741. The van der Waals surface area contributed by atoms with E-state index in [9.17, 15) is 8.42 Å². The molecule has 0 N–H and O–H groups in total. The van der Waals surface area contributed by atoms with Gasteiger partial charge in [0.15, 0.2) is 4.77 Å². The first kappa shape index (κ1) is 13.7. The van der Waals surface area contributed by atoms with Gasteiger partial charge in [0, 0.05) is 45.6 Å². The Morgan fingerprint density at radius 1 is 1.22 bits per heavy atom. The number of hydrogen-bond donors (Lipinski definition) is 0. The lowest BCUT2D eigenvalue weighted by Crippen LogP contribution is -2.48. The minimum absolute atomic E-state index is 0.555. The van der Waals surface area contributed by atoms with Crippen LogP contribution in [-0.2, 0) is 23.7 Å². The van der Waals surface area contributed by atoms with Crippen LogP contribution in [0.3, 0.4) is 0 Å². The summed E-state index contributed by atoms with van der Waals surface area (Å²) in [5, 5.41) is 0. The van der Waals surface area contributed by atoms with E-state index < -0.39 is 10.0 Å². The molecule has 1 saturated heterocycles. The lowest BCUT2D eigenvalue weighted by molar-refractivity contribution is 0.152. The molecule has 1 aromatic heterocycles. The molecule has 0 aliphatic carbocycles. The molecule has 2 rings (SSSR count). The number of rotatable bonds is 3. The summed E-state index contributed by atoms with van der Waals surface area (Å²) in [6, 6.07) is 0. The molecule has 0 spiro atoms. The maximum Gasteiger partial charge on any atom is 0.211 e. The minimum Gasteiger partial charge on any atom is -0.327 e. The van der Waals surface area contributed by atoms with Crippen molar-refractivity contribution in [2.24, 2.45) is 7.05 Å². The third kappa shape index (κ3) is 3.00. The summed E-state index contributed by atoms with van der Waals surface area (Å²) in [4.78, 5) is 2.21. The molecule has 0 atom stereocenters. The number of imidazole rings is 1. The molecule has 0 unspecified atom stereocenters. The lowest BCUT2D eigenvalue weighted by Gasteiger charge is -2.33. The molecular weight excluding hydrogens is 272 g/mol. The topological polar surface area (TPSA) is 50.5 Å². The van der Waals surface area contributed by atoms with Gasteiger partial charge in [-0.2, -0.15) is 4.31 Å². The van der Waals surface area contributed by atoms with Crippen molar-refractivity contribution < 1.29 is 8.42 Å². The van der Waals surface area contributed by atoms with Crippen molar-refractivity contribution in [3.63, 3.8) is 0 Å². The third-order valence-electron chi connectivity index (χ3n) is 3.17. The summed E-state index contributed by atoms with van der Waals surface area (Å²) in [5.74, 6) is 0. The van der Waals surface area contributed by atoms with Crippen LogP contribution in [0.4, 0.5) is 0 Å². The van der Waals surface area contributed by atoms with Crippen LogP contribution >= 0.6 is 12.2 Å². The Morgan fingerprint density at radius 2 is 1.83 bits per heavy atom. The van der Waals surface area contributed by atoms with Gasteiger partial charge in [0.2, 0.25) is 10.0 Å². The Hall–Kier alpha value is -0.700. The predicted octanol–water partition coefficient (Wildman–Crippen LogP) is 0.0908. The van der Waals surface area contributed by atoms with Crippen LogP contribution in [-0.4, -0.2) is 59.2 Å². The van der Waals surface area contributed by atoms with Crippen LogP contribution in [0.15, 0.2) is 12.4 Å². The second-order valence-corrected chi connectivity index (χ2v) is 6.93. The van der Waals surface area contributed by atoms with Crippen molar-refractivity contribution in [3.05, 3.63) is 17.2 Å². The van der Waals surface area contributed by atoms with Gasteiger partial charge < -0.3 is 9.13 Å². The molecule has 1 fully saturated rings. The summed E-state index contributed by atoms with van der Waals surface area (Å²) in [5.41, 5.74) is 0. The number of aryl methyl sites for hydroxylation is 1. The molecule has 18 heavy (non-hydrogen) atoms. The van der Waals surface area contributed by atoms with E-state index in [0.717, 1.165) is 24.5 Å². The molecule has 0 aromatic carbocycles. The average molecular weight is 290 g/mol. The fraction of sp³-hybridized carbons (Fsp3) is 0.700. The lowest BCUT2D eigenvalue weighted by atomic mass is 10.4. The molecule has 1 aliphatic heterocycles. The molecule has 0 saturated carbocycles. The maximum absolute atomic E-state index is 11.4. The predicted molar refractivity (Wildman–Crippen MR) is 72.2 cm³/mol. The summed E-state index contributed by atoms with van der Waals surface area (Å²) >= 11 is 5.27. The number of aromatic nitrogens is 2. The van der Waals surface area contributed by atoms with Crippen LogP contribution in [0.25, 0.3) is 0 Å². The Labute approximate surface area is 112 Å². The van der Waals surface area contributed by atoms with E-state index in [-0.39, 0.29) is 0 Å². The smallest absolute Gasteiger partial charge is 0.211 e. The van der Waals surface area contributed by atoms with E-state index >= 15 is 0 Å². The van der Waals surface area contributed by atoms with Crippen molar-refractivity contribution in [2.75, 3.05) is 32.4 Å². The first-order chi connectivity index (χ1) is 8.38. The largest absolute Gasteiger partial charge is 0.327 e. The maximum atomic E-state index is 11.4. The van der Waals surface area contributed by atoms with Crippen LogP contribution in [0.2, 0.25) is 0 Å². The van der Waals surface area contributed by atoms with E-state index in [0.29, 0.717) is 13.1 Å². The van der Waals surface area contributed by atoms with E-state index in [4.69, 9.17) is 12.2 Å². The Kier molecular flexibility index (Phi) is 3.90. The number of hydrogen-bond acceptors (Lipinski definition) is 4. The molecule has 0 bridgehead atoms. The van der Waals surface area contributed by atoms with Crippen molar-refractivity contribution in [1.82, 2.24) is 18.3 Å². The Morgan fingerprint density at radius 3 is 2.28 bits per heavy atom. The van der Waals surface area contributed by atoms with E-state index in [1.165, 1.54) is 10.6 Å². The zero-order chi connectivity index (χ0) is 13.3. The second kappa shape index (κ2) is 5.12. The highest BCUT2D eigenvalue weighted by atomic mass is 32.2. The van der Waals surface area contributed by atoms with Gasteiger partial charge in [0.05, 0.1) is 12.9 Å². The van der Waals surface area contributed by atoms with Crippen molar-refractivity contribution in [3.8, 4) is 0 Å². The van der Waals surface area contributed by atoms with Crippen LogP contribution in [0, 0.1) is 4.77 Å². The Bertz CT molecular complexity index is 567. The van der Waals surface area contributed by atoms with E-state index in [2.05, 4.69) is 4.90 Å². The monoisotopic (exact) mass is 290 g/mol. The van der Waals surface area contributed by atoms with Crippen LogP contribution < -0.4 is 0 Å². The molecular formula is C10H18N4O2S2. The number of piperazine rings is 1. The fourth-order valence-electron chi connectivity index (χ4n) is 2.04. The highest BCUT2D eigenvalue weighted by molar-refractivity contribution is 7.88. The fourth-order valence-corrected chi connectivity index (χ4v) is 3.04. The van der Waals surface area contributed by atoms with Crippen molar-refractivity contribution in [1.29, 1.82) is 0 Å². The average Bonchev–Trinajstić information content (AvgIpc) is 2.61. The zero-order valence-electron chi connectivity index (χ0n) is 10.6. The second-order valence-electron chi connectivity index (χ2n) is 4.58. The highest BCUT2D eigenvalue weighted by Crippen LogP contribution is 2.07. The zero-order valence-corrected chi connectivity index (χ0v) is 12.2. The van der Waals surface area contributed by atoms with Gasteiger partial charge in [-0.15, -0.1) is 0 Å². The molecule has 1 aliphatic rings. The van der Waals surface area contributed by atoms with Crippen molar-refractivity contribution in [2.45, 2.75) is 6.67 Å². The van der Waals surface area contributed by atoms with Gasteiger partial charge in [-0.3, -0.25) is 4.90 Å². The minimum atomic E-state index is -3.05. The summed E-state index contributed by atoms with van der Waals surface area (Å²) in [6.07, 6.45) is 5.14. The highest BCUT2D eigenvalue weighted by Gasteiger charge is 2.23. The van der Waals surface area contributed by atoms with Gasteiger partial charge in [0.25, 0.3) is 0 Å². The van der Waals surface area contributed by atoms with Gasteiger partial charge in [-0.05, 0) is 12.2 Å². The van der Waals surface area contributed by atoms with Gasteiger partial charge in [0.1, 0.15) is 0 Å². The van der Waals surface area contributed by atoms with E-state index in [1.54, 1.807) is 0 Å². The van der Waals surface area contributed by atoms with Crippen molar-refractivity contribution >= 4 is 22.2 Å². The molecule has 6 nitrogen and oxygen atoms in total. The molecule has 0 amide bonds. The van der Waals surface area contributed by atoms with E-state index in [1.807, 2.05) is 28.6 Å². The molecule has 2 heterocycles. The molecule has 1 aromatic rings. The molecule has 102 valence electrons. The normalized spacial score (nSPS) is 19.2. The first-order valence-electron chi connectivity index (χ1n) is 5.77. The number of nitrogens with zero attached hydrogens (tertiary/aromatic N) is 4. The van der Waals surface area contributed by atoms with Crippen LogP contribution in [0.1, 0.15) is 0 Å². The van der Waals surface area contributed by atoms with Gasteiger partial charge in [-0.25, -0.2) is 8.42 Å². The summed E-state index contributed by atoms with van der Waals surface area (Å²) in [7, 11) is -1.13.